The fourth-order valence-electron chi connectivity index (χ4n) is 2.74. The second-order valence-corrected chi connectivity index (χ2v) is 8.97. The zero-order chi connectivity index (χ0) is 14.2. The van der Waals surface area contributed by atoms with E-state index < -0.39 is 8.48 Å². The van der Waals surface area contributed by atoms with E-state index in [1.165, 1.54) is 0 Å². The van der Waals surface area contributed by atoms with Gasteiger partial charge in [0, 0.05) is 5.69 Å². The smallest absolute Gasteiger partial charge is 0.358 e. The molecule has 1 unspecified atom stereocenters. The third kappa shape index (κ3) is 2.12. The lowest BCUT2D eigenvalue weighted by Crippen LogP contribution is -2.45. The molecule has 0 saturated carbocycles. The molecule has 0 amide bonds. The molecule has 2 aromatic rings. The van der Waals surface area contributed by atoms with Crippen molar-refractivity contribution in [1.29, 1.82) is 0 Å². The molecule has 0 N–H and O–H groups in total. The zero-order valence-electron chi connectivity index (χ0n) is 11.6. The van der Waals surface area contributed by atoms with Crippen molar-refractivity contribution >= 4 is 20.1 Å². The summed E-state index contributed by atoms with van der Waals surface area (Å²) in [5.74, 6) is -0.142. The fraction of sp³-hybridized carbons (Fsp3) is 0.188. The first-order valence-corrected chi connectivity index (χ1v) is 9.57. The van der Waals surface area contributed by atoms with Gasteiger partial charge in [-0.3, -0.25) is 4.79 Å². The van der Waals surface area contributed by atoms with Crippen LogP contribution in [0.25, 0.3) is 0 Å². The van der Waals surface area contributed by atoms with Gasteiger partial charge in [-0.25, -0.2) is 0 Å². The van der Waals surface area contributed by atoms with Crippen molar-refractivity contribution in [2.24, 2.45) is 0 Å². The number of carbonyl (C=O) groups excluding carboxylic acids is 1. The highest BCUT2D eigenvalue weighted by molar-refractivity contribution is 6.78. The quantitative estimate of drug-likeness (QED) is 0.790. The van der Waals surface area contributed by atoms with Crippen molar-refractivity contribution in [2.75, 3.05) is 4.57 Å². The average Bonchev–Trinajstić information content (AvgIpc) is 2.70. The Morgan fingerprint density at radius 3 is 2.10 bits per heavy atom. The highest BCUT2D eigenvalue weighted by Crippen LogP contribution is 2.39. The molecule has 0 radical (unpaired) electrons. The van der Waals surface area contributed by atoms with Gasteiger partial charge in [-0.05, 0) is 30.8 Å². The predicted molar refractivity (Wildman–Crippen MR) is 81.7 cm³/mol. The maximum absolute atomic E-state index is 12.3. The Morgan fingerprint density at radius 2 is 1.50 bits per heavy atom. The highest BCUT2D eigenvalue weighted by atomic mass is 28.4. The van der Waals surface area contributed by atoms with Gasteiger partial charge >= 0.3 is 14.4 Å². The molecule has 3 rings (SSSR count). The monoisotopic (exact) mass is 283 g/mol. The molecule has 0 spiro atoms. The summed E-state index contributed by atoms with van der Waals surface area (Å²) in [6.45, 7) is 4.11. The van der Waals surface area contributed by atoms with Crippen LogP contribution in [-0.4, -0.2) is 14.4 Å². The molecule has 0 bridgehead atoms. The second-order valence-electron chi connectivity index (χ2n) is 5.39. The fourth-order valence-corrected chi connectivity index (χ4v) is 5.09. The third-order valence-corrected chi connectivity index (χ3v) is 5.94. The van der Waals surface area contributed by atoms with Crippen LogP contribution in [-0.2, 0) is 9.22 Å². The minimum absolute atomic E-state index is 0.142. The van der Waals surface area contributed by atoms with Crippen LogP contribution in [0, 0.1) is 0 Å². The summed E-state index contributed by atoms with van der Waals surface area (Å²) < 4.78 is 7.88. The molecule has 1 aliphatic rings. The number of carbonyl (C=O) groups is 1. The van der Waals surface area contributed by atoms with Crippen molar-refractivity contribution in [3.05, 3.63) is 66.2 Å². The zero-order valence-corrected chi connectivity index (χ0v) is 12.6. The minimum atomic E-state index is -2.24. The van der Waals surface area contributed by atoms with E-state index in [4.69, 9.17) is 4.43 Å². The molecule has 3 nitrogen and oxygen atoms in total. The van der Waals surface area contributed by atoms with Gasteiger partial charge in [0.25, 0.3) is 0 Å². The molecule has 20 heavy (non-hydrogen) atoms. The van der Waals surface area contributed by atoms with Gasteiger partial charge in [0.1, 0.15) is 6.04 Å². The van der Waals surface area contributed by atoms with Gasteiger partial charge in [0.2, 0.25) is 0 Å². The average molecular weight is 283 g/mol. The van der Waals surface area contributed by atoms with Crippen LogP contribution in [0.15, 0.2) is 60.7 Å². The number of anilines is 1. The standard InChI is InChI=1S/C16H17NO2Si/c1-20(2)17(14-11-7-4-8-12-14)15(16(18)19-20)13-9-5-3-6-10-13/h3-12,15H,1-2H3. The van der Waals surface area contributed by atoms with Gasteiger partial charge in [-0.1, -0.05) is 48.5 Å². The summed E-state index contributed by atoms with van der Waals surface area (Å²) in [5.41, 5.74) is 2.03. The number of para-hydroxylation sites is 1. The summed E-state index contributed by atoms with van der Waals surface area (Å²) in [5, 5.41) is 0. The molecule has 1 heterocycles. The normalized spacial score (nSPS) is 20.8. The summed E-state index contributed by atoms with van der Waals surface area (Å²) in [6, 6.07) is 19.5. The molecule has 2 aromatic carbocycles. The van der Waals surface area contributed by atoms with Crippen LogP contribution in [0.4, 0.5) is 5.69 Å². The number of rotatable bonds is 2. The van der Waals surface area contributed by atoms with Crippen molar-refractivity contribution in [3.8, 4) is 0 Å². The Balaban J connectivity index is 2.09. The number of benzene rings is 2. The van der Waals surface area contributed by atoms with Gasteiger partial charge in [0.15, 0.2) is 0 Å². The molecular weight excluding hydrogens is 266 g/mol. The Kier molecular flexibility index (Phi) is 3.10. The van der Waals surface area contributed by atoms with Crippen molar-refractivity contribution < 1.29 is 9.22 Å². The van der Waals surface area contributed by atoms with Crippen LogP contribution in [0.5, 0.6) is 0 Å². The minimum Gasteiger partial charge on any atom is -0.498 e. The lowest BCUT2D eigenvalue weighted by Gasteiger charge is -2.31. The molecule has 1 atom stereocenters. The first kappa shape index (κ1) is 12.9. The van der Waals surface area contributed by atoms with Crippen molar-refractivity contribution in [1.82, 2.24) is 0 Å². The van der Waals surface area contributed by atoms with Crippen LogP contribution in [0.3, 0.4) is 0 Å². The summed E-state index contributed by atoms with van der Waals surface area (Å²) >= 11 is 0. The summed E-state index contributed by atoms with van der Waals surface area (Å²) in [7, 11) is -2.24. The third-order valence-electron chi connectivity index (χ3n) is 3.56. The van der Waals surface area contributed by atoms with E-state index in [-0.39, 0.29) is 12.0 Å². The molecule has 1 fully saturated rings. The first-order chi connectivity index (χ1) is 9.59. The Morgan fingerprint density at radius 1 is 0.950 bits per heavy atom. The SMILES string of the molecule is C[Si]1(C)OC(=O)C(c2ccccc2)N1c1ccccc1. The second kappa shape index (κ2) is 4.79. The lowest BCUT2D eigenvalue weighted by molar-refractivity contribution is -0.134. The Labute approximate surface area is 120 Å². The predicted octanol–water partition coefficient (Wildman–Crippen LogP) is 3.49. The van der Waals surface area contributed by atoms with Gasteiger partial charge in [-0.2, -0.15) is 0 Å². The van der Waals surface area contributed by atoms with Gasteiger partial charge < -0.3 is 8.99 Å². The molecule has 1 aliphatic heterocycles. The maximum Gasteiger partial charge on any atom is 0.358 e. The highest BCUT2D eigenvalue weighted by Gasteiger charge is 2.50. The number of hydrogen-bond donors (Lipinski definition) is 0. The van der Waals surface area contributed by atoms with Crippen LogP contribution in [0.1, 0.15) is 11.6 Å². The molecule has 0 aromatic heterocycles. The van der Waals surface area contributed by atoms with Crippen molar-refractivity contribution in [3.63, 3.8) is 0 Å². The molecule has 102 valence electrons. The maximum atomic E-state index is 12.3. The van der Waals surface area contributed by atoms with Crippen LogP contribution >= 0.6 is 0 Å². The Hall–Kier alpha value is -2.07. The van der Waals surface area contributed by atoms with Gasteiger partial charge in [-0.15, -0.1) is 0 Å². The largest absolute Gasteiger partial charge is 0.498 e. The van der Waals surface area contributed by atoms with E-state index >= 15 is 0 Å². The van der Waals surface area contributed by atoms with Gasteiger partial charge in [0.05, 0.1) is 0 Å². The lowest BCUT2D eigenvalue weighted by atomic mass is 10.1. The molecule has 1 saturated heterocycles. The van der Waals surface area contributed by atoms with E-state index in [1.54, 1.807) is 0 Å². The number of hydrogen-bond acceptors (Lipinski definition) is 3. The number of nitrogens with zero attached hydrogens (tertiary/aromatic N) is 1. The van der Waals surface area contributed by atoms with Crippen LogP contribution in [0.2, 0.25) is 13.1 Å². The van der Waals surface area contributed by atoms with E-state index in [0.717, 1.165) is 11.3 Å². The first-order valence-electron chi connectivity index (χ1n) is 6.72. The molecule has 0 aliphatic carbocycles. The van der Waals surface area contributed by atoms with E-state index in [9.17, 15) is 4.79 Å². The van der Waals surface area contributed by atoms with E-state index in [0.29, 0.717) is 0 Å². The topological polar surface area (TPSA) is 29.5 Å². The van der Waals surface area contributed by atoms with Crippen molar-refractivity contribution in [2.45, 2.75) is 19.1 Å². The summed E-state index contributed by atoms with van der Waals surface area (Å²) in [4.78, 5) is 12.3. The molecule has 4 heteroatoms. The molecular formula is C16H17NO2Si. The summed E-state index contributed by atoms with van der Waals surface area (Å²) in [6.07, 6.45) is 0. The van der Waals surface area contributed by atoms with E-state index in [1.807, 2.05) is 60.7 Å². The Bertz CT molecular complexity index is 613. The van der Waals surface area contributed by atoms with Crippen LogP contribution < -0.4 is 4.57 Å². The van der Waals surface area contributed by atoms with E-state index in [2.05, 4.69) is 17.7 Å².